The summed E-state index contributed by atoms with van der Waals surface area (Å²) in [6.07, 6.45) is 3.35. The Balaban J connectivity index is 2.04. The summed E-state index contributed by atoms with van der Waals surface area (Å²) in [4.78, 5) is 26.5. The highest BCUT2D eigenvalue weighted by Gasteiger charge is 2.40. The van der Waals surface area contributed by atoms with Crippen molar-refractivity contribution in [3.8, 4) is 0 Å². The number of amides is 2. The van der Waals surface area contributed by atoms with Crippen molar-refractivity contribution < 1.29 is 9.59 Å². The molecule has 0 radical (unpaired) electrons. The summed E-state index contributed by atoms with van der Waals surface area (Å²) in [5.41, 5.74) is 1.87. The average Bonchev–Trinajstić information content (AvgIpc) is 2.64. The first kappa shape index (κ1) is 12.8. The number of thiol groups is 1. The molecule has 0 atom stereocenters. The summed E-state index contributed by atoms with van der Waals surface area (Å²) < 4.78 is 0. The molecule has 0 bridgehead atoms. The maximum absolute atomic E-state index is 12.4. The number of anilines is 1. The summed E-state index contributed by atoms with van der Waals surface area (Å²) in [7, 11) is 0. The maximum Gasteiger partial charge on any atom is 0.261 e. The number of carbonyl (C=O) groups excluding carboxylic acids is 2. The Labute approximate surface area is 121 Å². The zero-order chi connectivity index (χ0) is 13.6. The molecule has 0 N–H and O–H groups in total. The number of halogens is 1. The molecular formula is C14H12ClNO2S. The van der Waals surface area contributed by atoms with Gasteiger partial charge in [0, 0.05) is 21.1 Å². The van der Waals surface area contributed by atoms with Crippen LogP contribution in [0.5, 0.6) is 0 Å². The largest absolute Gasteiger partial charge is 0.269 e. The minimum absolute atomic E-state index is 0.197. The van der Waals surface area contributed by atoms with Crippen LogP contribution in [-0.4, -0.2) is 11.8 Å². The van der Waals surface area contributed by atoms with E-state index in [1.165, 1.54) is 4.90 Å². The number of imide groups is 1. The highest BCUT2D eigenvalue weighted by Crippen LogP contribution is 2.38. The molecule has 5 heteroatoms. The van der Waals surface area contributed by atoms with Crippen molar-refractivity contribution in [2.45, 2.75) is 30.6 Å². The monoisotopic (exact) mass is 293 g/mol. The second-order valence-electron chi connectivity index (χ2n) is 4.74. The van der Waals surface area contributed by atoms with E-state index in [0.717, 1.165) is 12.8 Å². The Bertz CT molecular complexity index is 596. The van der Waals surface area contributed by atoms with E-state index in [2.05, 4.69) is 12.6 Å². The Morgan fingerprint density at radius 2 is 1.63 bits per heavy atom. The van der Waals surface area contributed by atoms with E-state index in [1.807, 2.05) is 0 Å². The van der Waals surface area contributed by atoms with E-state index < -0.39 is 0 Å². The van der Waals surface area contributed by atoms with Gasteiger partial charge in [0.15, 0.2) is 0 Å². The second-order valence-corrected chi connectivity index (χ2v) is 5.66. The van der Waals surface area contributed by atoms with Crippen LogP contribution in [0.1, 0.15) is 25.7 Å². The van der Waals surface area contributed by atoms with Crippen molar-refractivity contribution in [2.75, 3.05) is 4.90 Å². The van der Waals surface area contributed by atoms with Gasteiger partial charge in [-0.1, -0.05) is 11.6 Å². The molecule has 2 aliphatic rings. The quantitative estimate of drug-likeness (QED) is 0.637. The normalized spacial score (nSPS) is 19.2. The molecule has 0 aromatic heterocycles. The third-order valence-electron chi connectivity index (χ3n) is 3.57. The molecule has 1 aromatic carbocycles. The first-order valence-corrected chi connectivity index (χ1v) is 7.01. The predicted molar refractivity (Wildman–Crippen MR) is 76.7 cm³/mol. The molecule has 0 spiro atoms. The Hall–Kier alpha value is -1.26. The van der Waals surface area contributed by atoms with Gasteiger partial charge < -0.3 is 0 Å². The molecule has 3 nitrogen and oxygen atoms in total. The molecule has 1 aromatic rings. The molecule has 0 unspecified atom stereocenters. The van der Waals surface area contributed by atoms with Gasteiger partial charge in [0.05, 0.1) is 5.69 Å². The molecule has 19 heavy (non-hydrogen) atoms. The average molecular weight is 294 g/mol. The lowest BCUT2D eigenvalue weighted by atomic mass is 9.93. The predicted octanol–water partition coefficient (Wildman–Crippen LogP) is 3.37. The SMILES string of the molecule is O=C1C2=C(CCCC2)C(=O)N1c1ccc(Cl)cc1S. The van der Waals surface area contributed by atoms with Crippen LogP contribution in [0.15, 0.2) is 34.2 Å². The molecule has 0 fully saturated rings. The number of hydrogen-bond donors (Lipinski definition) is 1. The van der Waals surface area contributed by atoms with Crippen LogP contribution >= 0.6 is 24.2 Å². The lowest BCUT2D eigenvalue weighted by Crippen LogP contribution is -2.31. The molecule has 3 rings (SSSR count). The Kier molecular flexibility index (Phi) is 3.15. The van der Waals surface area contributed by atoms with Gasteiger partial charge in [0.1, 0.15) is 0 Å². The minimum atomic E-state index is -0.197. The highest BCUT2D eigenvalue weighted by molar-refractivity contribution is 7.80. The molecule has 1 aliphatic carbocycles. The lowest BCUT2D eigenvalue weighted by molar-refractivity contribution is -0.120. The highest BCUT2D eigenvalue weighted by atomic mass is 35.5. The van der Waals surface area contributed by atoms with Crippen LogP contribution in [-0.2, 0) is 9.59 Å². The van der Waals surface area contributed by atoms with Crippen LogP contribution in [0.4, 0.5) is 5.69 Å². The first-order valence-electron chi connectivity index (χ1n) is 6.19. The molecule has 1 aliphatic heterocycles. The van der Waals surface area contributed by atoms with E-state index >= 15 is 0 Å². The third kappa shape index (κ3) is 1.99. The second kappa shape index (κ2) is 4.69. The van der Waals surface area contributed by atoms with E-state index in [0.29, 0.717) is 39.6 Å². The van der Waals surface area contributed by atoms with Crippen LogP contribution in [0.25, 0.3) is 0 Å². The number of hydrogen-bond acceptors (Lipinski definition) is 3. The van der Waals surface area contributed by atoms with Crippen molar-refractivity contribution in [3.63, 3.8) is 0 Å². The summed E-state index contributed by atoms with van der Waals surface area (Å²) in [5, 5.41) is 0.533. The van der Waals surface area contributed by atoms with Crippen molar-refractivity contribution in [1.82, 2.24) is 0 Å². The Morgan fingerprint density at radius 1 is 1.05 bits per heavy atom. The van der Waals surface area contributed by atoms with Gasteiger partial charge in [-0.3, -0.25) is 9.59 Å². The van der Waals surface area contributed by atoms with Gasteiger partial charge in [0.25, 0.3) is 11.8 Å². The van der Waals surface area contributed by atoms with Crippen molar-refractivity contribution in [3.05, 3.63) is 34.4 Å². The summed E-state index contributed by atoms with van der Waals surface area (Å²) in [6, 6.07) is 4.96. The number of benzene rings is 1. The summed E-state index contributed by atoms with van der Waals surface area (Å²) >= 11 is 10.2. The standard InChI is InChI=1S/C14H12ClNO2S/c15-8-5-6-11(12(19)7-8)16-13(17)9-3-1-2-4-10(9)14(16)18/h5-7,19H,1-4H2. The van der Waals surface area contributed by atoms with E-state index in [9.17, 15) is 9.59 Å². The van der Waals surface area contributed by atoms with Gasteiger partial charge in [0.2, 0.25) is 0 Å². The summed E-state index contributed by atoms with van der Waals surface area (Å²) in [6.45, 7) is 0. The molecule has 1 heterocycles. The molecule has 98 valence electrons. The fourth-order valence-corrected chi connectivity index (χ4v) is 3.21. The van der Waals surface area contributed by atoms with E-state index in [-0.39, 0.29) is 11.8 Å². The summed E-state index contributed by atoms with van der Waals surface area (Å²) in [5.74, 6) is -0.394. The fourth-order valence-electron chi connectivity index (χ4n) is 2.64. The maximum atomic E-state index is 12.4. The number of carbonyl (C=O) groups is 2. The van der Waals surface area contributed by atoms with Gasteiger partial charge in [-0.2, -0.15) is 0 Å². The lowest BCUT2D eigenvalue weighted by Gasteiger charge is -2.17. The minimum Gasteiger partial charge on any atom is -0.269 e. The Morgan fingerprint density at radius 3 is 2.16 bits per heavy atom. The van der Waals surface area contributed by atoms with Crippen molar-refractivity contribution >= 4 is 41.7 Å². The van der Waals surface area contributed by atoms with Gasteiger partial charge in [-0.05, 0) is 43.9 Å². The molecule has 0 saturated heterocycles. The van der Waals surface area contributed by atoms with Crippen LogP contribution in [0.3, 0.4) is 0 Å². The topological polar surface area (TPSA) is 37.4 Å². The van der Waals surface area contributed by atoms with Crippen molar-refractivity contribution in [1.29, 1.82) is 0 Å². The molecule has 0 saturated carbocycles. The zero-order valence-corrected chi connectivity index (χ0v) is 11.8. The van der Waals surface area contributed by atoms with Crippen LogP contribution in [0.2, 0.25) is 5.02 Å². The molecule has 2 amide bonds. The number of rotatable bonds is 1. The van der Waals surface area contributed by atoms with Crippen molar-refractivity contribution in [2.24, 2.45) is 0 Å². The third-order valence-corrected chi connectivity index (χ3v) is 4.16. The van der Waals surface area contributed by atoms with Gasteiger partial charge in [-0.25, -0.2) is 4.90 Å². The van der Waals surface area contributed by atoms with Gasteiger partial charge >= 0.3 is 0 Å². The number of nitrogens with zero attached hydrogens (tertiary/aromatic N) is 1. The van der Waals surface area contributed by atoms with Crippen LogP contribution < -0.4 is 4.90 Å². The zero-order valence-electron chi connectivity index (χ0n) is 10.1. The smallest absolute Gasteiger partial charge is 0.261 e. The first-order chi connectivity index (χ1) is 9.09. The van der Waals surface area contributed by atoms with Gasteiger partial charge in [-0.15, -0.1) is 12.6 Å². The van der Waals surface area contributed by atoms with Crippen LogP contribution in [0, 0.1) is 0 Å². The van der Waals surface area contributed by atoms with E-state index in [1.54, 1.807) is 18.2 Å². The van der Waals surface area contributed by atoms with E-state index in [4.69, 9.17) is 11.6 Å². The fraction of sp³-hybridized carbons (Fsp3) is 0.286. The molecular weight excluding hydrogens is 282 g/mol.